The minimum atomic E-state index is -0.548. The normalized spacial score (nSPS) is 12.7. The Bertz CT molecular complexity index is 1730. The fraction of sp³-hybridized carbons (Fsp3) is 0.225. The van der Waals surface area contributed by atoms with Gasteiger partial charge < -0.3 is 14.2 Å². The van der Waals surface area contributed by atoms with Crippen LogP contribution in [0.3, 0.4) is 0 Å². The molecule has 6 heteroatoms. The summed E-state index contributed by atoms with van der Waals surface area (Å²) in [7, 11) is 0. The summed E-state index contributed by atoms with van der Waals surface area (Å²) in [5.74, 6) is 2.37. The van der Waals surface area contributed by atoms with Crippen LogP contribution in [0.4, 0.5) is 0 Å². The molecule has 6 rings (SSSR count). The molecule has 0 heterocycles. The SMILES string of the molecule is CCCCCCOc1ccc(C2(c3ccc(OCCOc4ccc(C=O)cc4)cc3)c3cc(Br)ccc3-c3ccc(Br)cc32)cc1. The number of carbonyl (C=O) groups is 1. The maximum absolute atomic E-state index is 10.9. The summed E-state index contributed by atoms with van der Waals surface area (Å²) in [4.78, 5) is 10.9. The van der Waals surface area contributed by atoms with E-state index >= 15 is 0 Å². The topological polar surface area (TPSA) is 44.8 Å². The predicted molar refractivity (Wildman–Crippen MR) is 192 cm³/mol. The number of rotatable bonds is 14. The van der Waals surface area contributed by atoms with Crippen LogP contribution in [0.1, 0.15) is 65.2 Å². The first-order chi connectivity index (χ1) is 22.5. The van der Waals surface area contributed by atoms with Crippen LogP contribution in [-0.4, -0.2) is 26.1 Å². The number of aldehydes is 1. The lowest BCUT2D eigenvalue weighted by molar-refractivity contribution is 0.112. The fourth-order valence-electron chi connectivity index (χ4n) is 6.34. The molecule has 0 bridgehead atoms. The van der Waals surface area contributed by atoms with E-state index in [0.717, 1.165) is 45.3 Å². The van der Waals surface area contributed by atoms with Gasteiger partial charge in [0.2, 0.25) is 0 Å². The second-order valence-corrected chi connectivity index (χ2v) is 13.3. The van der Waals surface area contributed by atoms with Gasteiger partial charge in [-0.1, -0.05) is 94.4 Å². The van der Waals surface area contributed by atoms with E-state index in [1.54, 1.807) is 24.3 Å². The van der Waals surface area contributed by atoms with Gasteiger partial charge in [-0.15, -0.1) is 0 Å². The van der Waals surface area contributed by atoms with Gasteiger partial charge in [-0.25, -0.2) is 0 Å². The van der Waals surface area contributed by atoms with Gasteiger partial charge >= 0.3 is 0 Å². The van der Waals surface area contributed by atoms with Crippen LogP contribution in [-0.2, 0) is 5.41 Å². The van der Waals surface area contributed by atoms with E-state index in [1.807, 2.05) is 12.1 Å². The maximum Gasteiger partial charge on any atom is 0.150 e. The molecule has 0 unspecified atom stereocenters. The average Bonchev–Trinajstić information content (AvgIpc) is 3.36. The quantitative estimate of drug-likeness (QED) is 0.0824. The van der Waals surface area contributed by atoms with Crippen molar-refractivity contribution >= 4 is 38.1 Å². The summed E-state index contributed by atoms with van der Waals surface area (Å²) in [6.07, 6.45) is 5.53. The molecule has 5 aromatic rings. The van der Waals surface area contributed by atoms with Crippen LogP contribution in [0.15, 0.2) is 118 Å². The van der Waals surface area contributed by atoms with E-state index in [0.29, 0.717) is 24.5 Å². The third-order valence-electron chi connectivity index (χ3n) is 8.54. The molecule has 0 N–H and O–H groups in total. The van der Waals surface area contributed by atoms with E-state index in [-0.39, 0.29) is 0 Å². The Labute approximate surface area is 288 Å². The third kappa shape index (κ3) is 6.65. The van der Waals surface area contributed by atoms with Crippen LogP contribution in [0, 0.1) is 0 Å². The highest BCUT2D eigenvalue weighted by Crippen LogP contribution is 2.57. The Balaban J connectivity index is 1.31. The molecular weight excluding hydrogens is 704 g/mol. The number of halogens is 2. The number of hydrogen-bond donors (Lipinski definition) is 0. The van der Waals surface area contributed by atoms with Crippen molar-refractivity contribution < 1.29 is 19.0 Å². The Morgan fingerprint density at radius 3 is 1.48 bits per heavy atom. The molecule has 5 aromatic carbocycles. The molecule has 0 aromatic heterocycles. The number of ether oxygens (including phenoxy) is 3. The molecule has 46 heavy (non-hydrogen) atoms. The van der Waals surface area contributed by atoms with Crippen molar-refractivity contribution in [2.75, 3.05) is 19.8 Å². The summed E-state index contributed by atoms with van der Waals surface area (Å²) in [5, 5.41) is 0. The van der Waals surface area contributed by atoms with Gasteiger partial charge in [0.25, 0.3) is 0 Å². The van der Waals surface area contributed by atoms with Crippen molar-refractivity contribution in [3.05, 3.63) is 146 Å². The monoisotopic (exact) mass is 738 g/mol. The van der Waals surface area contributed by atoms with Crippen LogP contribution in [0.5, 0.6) is 17.2 Å². The zero-order valence-electron chi connectivity index (χ0n) is 25.8. The minimum absolute atomic E-state index is 0.391. The maximum atomic E-state index is 10.9. The summed E-state index contributed by atoms with van der Waals surface area (Å²) < 4.78 is 20.1. The second-order valence-electron chi connectivity index (χ2n) is 11.5. The van der Waals surface area contributed by atoms with Gasteiger partial charge in [-0.05, 0) is 113 Å². The third-order valence-corrected chi connectivity index (χ3v) is 9.53. The number of benzene rings is 5. The van der Waals surface area contributed by atoms with Crippen LogP contribution in [0.25, 0.3) is 11.1 Å². The molecule has 234 valence electrons. The predicted octanol–water partition coefficient (Wildman–Crippen LogP) is 10.8. The van der Waals surface area contributed by atoms with Gasteiger partial charge in [0.1, 0.15) is 36.7 Å². The Morgan fingerprint density at radius 1 is 0.565 bits per heavy atom. The molecule has 1 aliphatic carbocycles. The Hall–Kier alpha value is -3.87. The van der Waals surface area contributed by atoms with Crippen molar-refractivity contribution in [3.8, 4) is 28.4 Å². The standard InChI is InChI=1S/C40H36Br2O4/c1-2-3-4-5-22-44-34-16-8-29(9-17-34)40(38-25-31(41)12-20-36(38)37-21-13-32(42)26-39(37)40)30-10-18-35(19-11-30)46-24-23-45-33-14-6-28(27-43)7-15-33/h6-21,25-27H,2-5,22-24H2,1H3. The number of hydrogen-bond acceptors (Lipinski definition) is 4. The molecule has 4 nitrogen and oxygen atoms in total. The second kappa shape index (κ2) is 14.7. The molecule has 1 aliphatic rings. The van der Waals surface area contributed by atoms with Gasteiger partial charge in [-0.2, -0.15) is 0 Å². The highest BCUT2D eigenvalue weighted by molar-refractivity contribution is 9.10. The summed E-state index contributed by atoms with van der Waals surface area (Å²) >= 11 is 7.55. The van der Waals surface area contributed by atoms with Gasteiger partial charge in [0.05, 0.1) is 12.0 Å². The van der Waals surface area contributed by atoms with Crippen molar-refractivity contribution in [2.45, 2.75) is 38.0 Å². The number of unbranched alkanes of at least 4 members (excludes halogenated alkanes) is 3. The van der Waals surface area contributed by atoms with Crippen LogP contribution < -0.4 is 14.2 Å². The van der Waals surface area contributed by atoms with Crippen LogP contribution in [0.2, 0.25) is 0 Å². The first kappa shape index (κ1) is 32.1. The van der Waals surface area contributed by atoms with Crippen molar-refractivity contribution in [3.63, 3.8) is 0 Å². The summed E-state index contributed by atoms with van der Waals surface area (Å²) in [5.41, 5.74) is 7.29. The molecule has 0 spiro atoms. The Morgan fingerprint density at radius 2 is 1.02 bits per heavy atom. The van der Waals surface area contributed by atoms with Gasteiger partial charge in [0, 0.05) is 14.5 Å². The molecule has 0 atom stereocenters. The van der Waals surface area contributed by atoms with Gasteiger partial charge in [-0.3, -0.25) is 4.79 Å². The average molecular weight is 741 g/mol. The van der Waals surface area contributed by atoms with Crippen molar-refractivity contribution in [1.29, 1.82) is 0 Å². The van der Waals surface area contributed by atoms with Crippen molar-refractivity contribution in [1.82, 2.24) is 0 Å². The summed E-state index contributed by atoms with van der Waals surface area (Å²) in [6.45, 7) is 3.74. The highest BCUT2D eigenvalue weighted by Gasteiger charge is 2.46. The molecular formula is C40H36Br2O4. The molecule has 0 saturated carbocycles. The lowest BCUT2D eigenvalue weighted by atomic mass is 9.67. The van der Waals surface area contributed by atoms with E-state index in [4.69, 9.17) is 14.2 Å². The van der Waals surface area contributed by atoms with E-state index in [1.165, 1.54) is 47.1 Å². The smallest absolute Gasteiger partial charge is 0.150 e. The van der Waals surface area contributed by atoms with E-state index in [9.17, 15) is 4.79 Å². The largest absolute Gasteiger partial charge is 0.494 e. The molecule has 0 amide bonds. The molecule has 0 saturated heterocycles. The van der Waals surface area contributed by atoms with Crippen molar-refractivity contribution in [2.24, 2.45) is 0 Å². The van der Waals surface area contributed by atoms with E-state index in [2.05, 4.69) is 112 Å². The first-order valence-corrected chi connectivity index (χ1v) is 17.4. The summed E-state index contributed by atoms with van der Waals surface area (Å²) in [6, 6.07) is 37.3. The Kier molecular flexibility index (Phi) is 10.3. The molecule has 0 fully saturated rings. The van der Waals surface area contributed by atoms with Crippen LogP contribution >= 0.6 is 31.9 Å². The lowest BCUT2D eigenvalue weighted by Gasteiger charge is -2.34. The zero-order chi connectivity index (χ0) is 31.9. The molecule has 0 aliphatic heterocycles. The zero-order valence-corrected chi connectivity index (χ0v) is 29.0. The number of fused-ring (bicyclic) bond motifs is 3. The number of carbonyl (C=O) groups excluding carboxylic acids is 1. The van der Waals surface area contributed by atoms with Gasteiger partial charge in [0.15, 0.2) is 0 Å². The minimum Gasteiger partial charge on any atom is -0.494 e. The fourth-order valence-corrected chi connectivity index (χ4v) is 7.06. The lowest BCUT2D eigenvalue weighted by Crippen LogP contribution is -2.28. The molecule has 0 radical (unpaired) electrons. The first-order valence-electron chi connectivity index (χ1n) is 15.8. The van der Waals surface area contributed by atoms with E-state index < -0.39 is 5.41 Å². The highest BCUT2D eigenvalue weighted by atomic mass is 79.9.